The summed E-state index contributed by atoms with van der Waals surface area (Å²) >= 11 is 0. The van der Waals surface area contributed by atoms with Crippen LogP contribution in [0.5, 0.6) is 5.75 Å². The largest absolute Gasteiger partial charge is 0.507 e. The lowest BCUT2D eigenvalue weighted by Gasteiger charge is -2.23. The van der Waals surface area contributed by atoms with Crippen molar-refractivity contribution in [3.8, 4) is 5.75 Å². The Labute approximate surface area is 129 Å². The van der Waals surface area contributed by atoms with E-state index in [2.05, 4.69) is 55.1 Å². The second kappa shape index (κ2) is 4.88. The highest BCUT2D eigenvalue weighted by Gasteiger charge is 2.21. The minimum Gasteiger partial charge on any atom is -0.507 e. The Morgan fingerprint density at radius 3 is 2.50 bits per heavy atom. The van der Waals surface area contributed by atoms with Crippen molar-refractivity contribution < 1.29 is 5.11 Å². The van der Waals surface area contributed by atoms with Gasteiger partial charge in [-0.3, -0.25) is 0 Å². The second-order valence-corrected chi connectivity index (χ2v) is 5.67. The third kappa shape index (κ3) is 1.86. The van der Waals surface area contributed by atoms with Crippen molar-refractivity contribution in [2.24, 2.45) is 0 Å². The molecule has 1 aliphatic rings. The van der Waals surface area contributed by atoms with Crippen molar-refractivity contribution >= 4 is 22.4 Å². The predicted octanol–water partition coefficient (Wildman–Crippen LogP) is 5.37. The second-order valence-electron chi connectivity index (χ2n) is 5.67. The minimum atomic E-state index is 0.0897. The first-order valence-corrected chi connectivity index (χ1v) is 7.43. The first-order chi connectivity index (χ1) is 10.8. The Morgan fingerprint density at radius 2 is 1.68 bits per heavy atom. The maximum atomic E-state index is 10.1. The number of benzene rings is 3. The summed E-state index contributed by atoms with van der Waals surface area (Å²) in [5.41, 5.74) is 4.24. The molecule has 22 heavy (non-hydrogen) atoms. The Hall–Kier alpha value is -2.80. The zero-order valence-corrected chi connectivity index (χ0v) is 12.2. The van der Waals surface area contributed by atoms with E-state index in [4.69, 9.17) is 0 Å². The maximum absolute atomic E-state index is 10.1. The lowest BCUT2D eigenvalue weighted by molar-refractivity contribution is 0.473. The molecule has 3 aromatic carbocycles. The average molecular weight is 284 g/mol. The SMILES string of the molecule is C=C(c1ccccc1O)C1C=Cc2cccc3cccc1c23. The van der Waals surface area contributed by atoms with Crippen LogP contribution in [0.3, 0.4) is 0 Å². The van der Waals surface area contributed by atoms with Gasteiger partial charge in [0, 0.05) is 11.5 Å². The first kappa shape index (κ1) is 12.9. The van der Waals surface area contributed by atoms with E-state index in [1.165, 1.54) is 21.9 Å². The van der Waals surface area contributed by atoms with Gasteiger partial charge in [0.1, 0.15) is 5.75 Å². The lowest BCUT2D eigenvalue weighted by atomic mass is 9.80. The van der Waals surface area contributed by atoms with Crippen molar-refractivity contribution in [1.82, 2.24) is 0 Å². The average Bonchev–Trinajstić information content (AvgIpc) is 2.56. The lowest BCUT2D eigenvalue weighted by Crippen LogP contribution is -2.03. The molecule has 1 N–H and O–H groups in total. The quantitative estimate of drug-likeness (QED) is 0.670. The molecule has 0 radical (unpaired) electrons. The molecule has 1 atom stereocenters. The third-order valence-corrected chi connectivity index (χ3v) is 4.40. The van der Waals surface area contributed by atoms with Crippen molar-refractivity contribution in [1.29, 1.82) is 0 Å². The number of allylic oxidation sites excluding steroid dienone is 2. The maximum Gasteiger partial charge on any atom is 0.123 e. The van der Waals surface area contributed by atoms with Crippen LogP contribution >= 0.6 is 0 Å². The highest BCUT2D eigenvalue weighted by molar-refractivity contribution is 5.98. The molecule has 0 aromatic heterocycles. The summed E-state index contributed by atoms with van der Waals surface area (Å²) in [4.78, 5) is 0. The normalized spacial score (nSPS) is 15.9. The van der Waals surface area contributed by atoms with Gasteiger partial charge in [0.2, 0.25) is 0 Å². The molecule has 0 heterocycles. The van der Waals surface area contributed by atoms with Gasteiger partial charge in [0.05, 0.1) is 0 Å². The van der Waals surface area contributed by atoms with Crippen LogP contribution in [0.2, 0.25) is 0 Å². The van der Waals surface area contributed by atoms with Crippen molar-refractivity contribution in [3.63, 3.8) is 0 Å². The Bertz CT molecular complexity index is 913. The van der Waals surface area contributed by atoms with Gasteiger partial charge >= 0.3 is 0 Å². The molecule has 0 saturated carbocycles. The van der Waals surface area contributed by atoms with E-state index < -0.39 is 0 Å². The van der Waals surface area contributed by atoms with Crippen LogP contribution in [0.1, 0.15) is 22.6 Å². The summed E-state index contributed by atoms with van der Waals surface area (Å²) < 4.78 is 0. The van der Waals surface area contributed by atoms with Crippen LogP contribution in [0.4, 0.5) is 0 Å². The molecule has 1 unspecified atom stereocenters. The predicted molar refractivity (Wildman–Crippen MR) is 92.9 cm³/mol. The van der Waals surface area contributed by atoms with Crippen LogP contribution in [0.25, 0.3) is 22.4 Å². The zero-order valence-electron chi connectivity index (χ0n) is 12.2. The molecular formula is C21H16O. The summed E-state index contributed by atoms with van der Waals surface area (Å²) in [7, 11) is 0. The standard InChI is InChI=1S/C21H16O/c1-14(18-9-2-3-11-20(18)22)17-13-12-16-7-4-6-15-8-5-10-19(17)21(15)16/h2-13,17,22H,1H2. The van der Waals surface area contributed by atoms with Gasteiger partial charge in [-0.05, 0) is 33.5 Å². The molecule has 0 saturated heterocycles. The topological polar surface area (TPSA) is 20.2 Å². The smallest absolute Gasteiger partial charge is 0.123 e. The van der Waals surface area contributed by atoms with E-state index >= 15 is 0 Å². The molecule has 1 nitrogen and oxygen atoms in total. The molecule has 0 aliphatic heterocycles. The van der Waals surface area contributed by atoms with E-state index in [9.17, 15) is 5.11 Å². The summed E-state index contributed by atoms with van der Waals surface area (Å²) in [6, 6.07) is 20.2. The molecular weight excluding hydrogens is 268 g/mol. The Morgan fingerprint density at radius 1 is 0.909 bits per heavy atom. The molecule has 1 aliphatic carbocycles. The summed E-state index contributed by atoms with van der Waals surface area (Å²) in [5, 5.41) is 12.6. The van der Waals surface area contributed by atoms with Gasteiger partial charge in [0.15, 0.2) is 0 Å². The number of aromatic hydroxyl groups is 1. The van der Waals surface area contributed by atoms with Gasteiger partial charge in [-0.1, -0.05) is 73.3 Å². The van der Waals surface area contributed by atoms with Crippen LogP contribution in [-0.2, 0) is 0 Å². The van der Waals surface area contributed by atoms with E-state index in [0.29, 0.717) is 0 Å². The zero-order chi connectivity index (χ0) is 15.1. The van der Waals surface area contributed by atoms with Crippen LogP contribution in [-0.4, -0.2) is 5.11 Å². The monoisotopic (exact) mass is 284 g/mol. The minimum absolute atomic E-state index is 0.0897. The van der Waals surface area contributed by atoms with E-state index in [0.717, 1.165) is 11.1 Å². The van der Waals surface area contributed by atoms with Gasteiger partial charge < -0.3 is 5.11 Å². The van der Waals surface area contributed by atoms with E-state index in [1.807, 2.05) is 18.2 Å². The molecule has 106 valence electrons. The summed E-state index contributed by atoms with van der Waals surface area (Å²) in [5.74, 6) is 0.374. The first-order valence-electron chi connectivity index (χ1n) is 7.43. The highest BCUT2D eigenvalue weighted by atomic mass is 16.3. The van der Waals surface area contributed by atoms with Crippen LogP contribution in [0, 0.1) is 0 Å². The van der Waals surface area contributed by atoms with Crippen molar-refractivity contribution in [2.45, 2.75) is 5.92 Å². The Balaban J connectivity index is 1.89. The third-order valence-electron chi connectivity index (χ3n) is 4.40. The molecule has 0 bridgehead atoms. The number of para-hydroxylation sites is 1. The molecule has 3 aromatic rings. The highest BCUT2D eigenvalue weighted by Crippen LogP contribution is 2.42. The fourth-order valence-electron chi connectivity index (χ4n) is 3.32. The summed E-state index contributed by atoms with van der Waals surface area (Å²) in [6.07, 6.45) is 4.33. The summed E-state index contributed by atoms with van der Waals surface area (Å²) in [6.45, 7) is 4.26. The van der Waals surface area contributed by atoms with Gasteiger partial charge in [-0.2, -0.15) is 0 Å². The molecule has 0 fully saturated rings. The molecule has 4 rings (SSSR count). The number of phenols is 1. The van der Waals surface area contributed by atoms with Gasteiger partial charge in [0.25, 0.3) is 0 Å². The van der Waals surface area contributed by atoms with E-state index in [1.54, 1.807) is 6.07 Å². The van der Waals surface area contributed by atoms with Crippen molar-refractivity contribution in [2.75, 3.05) is 0 Å². The molecule has 0 spiro atoms. The number of hydrogen-bond acceptors (Lipinski definition) is 1. The fraction of sp³-hybridized carbons (Fsp3) is 0.0476. The Kier molecular flexibility index (Phi) is 2.87. The fourth-order valence-corrected chi connectivity index (χ4v) is 3.32. The number of rotatable bonds is 2. The molecule has 1 heteroatoms. The van der Waals surface area contributed by atoms with Crippen LogP contribution < -0.4 is 0 Å². The van der Waals surface area contributed by atoms with Gasteiger partial charge in [-0.15, -0.1) is 0 Å². The van der Waals surface area contributed by atoms with Crippen LogP contribution in [0.15, 0.2) is 73.3 Å². The van der Waals surface area contributed by atoms with E-state index in [-0.39, 0.29) is 11.7 Å². The molecule has 0 amide bonds. The van der Waals surface area contributed by atoms with Crippen molar-refractivity contribution in [3.05, 3.63) is 90.0 Å². The van der Waals surface area contributed by atoms with Gasteiger partial charge in [-0.25, -0.2) is 0 Å². The number of hydrogen-bond donors (Lipinski definition) is 1. The number of phenolic OH excluding ortho intramolecular Hbond substituents is 1.